The van der Waals surface area contributed by atoms with E-state index < -0.39 is 17.8 Å². The maximum Gasteiger partial charge on any atom is 0.415 e. The minimum Gasteiger partial charge on any atom is -0.408 e. The zero-order chi connectivity index (χ0) is 26.7. The second-order valence-electron chi connectivity index (χ2n) is 8.49. The number of anilines is 1. The van der Waals surface area contributed by atoms with Gasteiger partial charge >= 0.3 is 6.09 Å². The Kier molecular flexibility index (Phi) is 7.78. The molecule has 4 rings (SSSR count). The molecule has 1 heterocycles. The molecule has 1 N–H and O–H groups in total. The summed E-state index contributed by atoms with van der Waals surface area (Å²) < 4.78 is 35.8. The van der Waals surface area contributed by atoms with E-state index in [1.54, 1.807) is 36.5 Å². The number of carbonyl (C=O) groups is 2. The van der Waals surface area contributed by atoms with E-state index in [4.69, 9.17) is 16.3 Å². The Morgan fingerprint density at radius 1 is 1.00 bits per heavy atom. The standard InChI is InChI=1S/C28H26ClF2N3O3/c1-4-33(5-2)28(36)37-23-13-12-22-20(14-15-34(22)16-18-7-9-19(30)10-8-18)26(23)32-27(35)24-21(29)11-6-17(3)25(24)31/h6-15H,4-5,16H2,1-3H3,(H,32,35). The maximum absolute atomic E-state index is 14.8. The summed E-state index contributed by atoms with van der Waals surface area (Å²) in [6.07, 6.45) is 1.23. The van der Waals surface area contributed by atoms with Crippen molar-refractivity contribution in [1.29, 1.82) is 0 Å². The summed E-state index contributed by atoms with van der Waals surface area (Å²) in [5, 5.41) is 3.26. The number of hydrogen-bond acceptors (Lipinski definition) is 3. The largest absolute Gasteiger partial charge is 0.415 e. The van der Waals surface area contributed by atoms with Crippen molar-refractivity contribution in [3.8, 4) is 5.75 Å². The van der Waals surface area contributed by atoms with Crippen molar-refractivity contribution in [2.45, 2.75) is 27.3 Å². The zero-order valence-electron chi connectivity index (χ0n) is 20.6. The Morgan fingerprint density at radius 3 is 2.38 bits per heavy atom. The highest BCUT2D eigenvalue weighted by molar-refractivity contribution is 6.34. The molecular weight excluding hydrogens is 500 g/mol. The maximum atomic E-state index is 14.8. The first kappa shape index (κ1) is 26.2. The van der Waals surface area contributed by atoms with Crippen LogP contribution in [-0.4, -0.2) is 34.6 Å². The number of hydrogen-bond donors (Lipinski definition) is 1. The summed E-state index contributed by atoms with van der Waals surface area (Å²) in [5.41, 5.74) is 1.77. The fraction of sp³-hybridized carbons (Fsp3) is 0.214. The molecule has 192 valence electrons. The summed E-state index contributed by atoms with van der Waals surface area (Å²) in [5.74, 6) is -1.72. The van der Waals surface area contributed by atoms with E-state index in [1.807, 2.05) is 18.4 Å². The van der Waals surface area contributed by atoms with Gasteiger partial charge in [-0.2, -0.15) is 0 Å². The fourth-order valence-corrected chi connectivity index (χ4v) is 4.30. The van der Waals surface area contributed by atoms with Gasteiger partial charge in [0.1, 0.15) is 11.6 Å². The molecule has 1 aromatic heterocycles. The third-order valence-corrected chi connectivity index (χ3v) is 6.46. The molecule has 0 aliphatic rings. The lowest BCUT2D eigenvalue weighted by Gasteiger charge is -2.20. The zero-order valence-corrected chi connectivity index (χ0v) is 21.4. The van der Waals surface area contributed by atoms with Crippen molar-refractivity contribution in [1.82, 2.24) is 9.47 Å². The van der Waals surface area contributed by atoms with Crippen molar-refractivity contribution < 1.29 is 23.1 Å². The molecule has 37 heavy (non-hydrogen) atoms. The number of aryl methyl sites for hydroxylation is 1. The van der Waals surface area contributed by atoms with E-state index in [0.717, 1.165) is 11.1 Å². The summed E-state index contributed by atoms with van der Waals surface area (Å²) in [4.78, 5) is 27.4. The molecule has 2 amide bonds. The van der Waals surface area contributed by atoms with Crippen LogP contribution in [-0.2, 0) is 6.54 Å². The Labute approximate surface area is 218 Å². The molecule has 6 nitrogen and oxygen atoms in total. The van der Waals surface area contributed by atoms with Crippen LogP contribution >= 0.6 is 11.6 Å². The highest BCUT2D eigenvalue weighted by Crippen LogP contribution is 2.36. The van der Waals surface area contributed by atoms with Crippen molar-refractivity contribution >= 4 is 40.2 Å². The SMILES string of the molecule is CCN(CC)C(=O)Oc1ccc2c(ccn2Cc2ccc(F)cc2)c1NC(=O)c1c(Cl)ccc(C)c1F. The molecule has 0 saturated heterocycles. The number of ether oxygens (including phenoxy) is 1. The number of nitrogens with one attached hydrogen (secondary N) is 1. The molecule has 0 unspecified atom stereocenters. The Morgan fingerprint density at radius 2 is 1.70 bits per heavy atom. The fourth-order valence-electron chi connectivity index (χ4n) is 4.07. The van der Waals surface area contributed by atoms with Gasteiger partial charge in [-0.05, 0) is 68.3 Å². The van der Waals surface area contributed by atoms with Gasteiger partial charge in [0.05, 0.1) is 21.8 Å². The van der Waals surface area contributed by atoms with Crippen LogP contribution < -0.4 is 10.1 Å². The van der Waals surface area contributed by atoms with E-state index in [0.29, 0.717) is 25.0 Å². The number of rotatable bonds is 7. The van der Waals surface area contributed by atoms with Crippen LogP contribution in [0, 0.1) is 18.6 Å². The Bertz CT molecular complexity index is 1460. The van der Waals surface area contributed by atoms with Gasteiger partial charge in [0.2, 0.25) is 0 Å². The van der Waals surface area contributed by atoms with Gasteiger partial charge in [-0.3, -0.25) is 4.79 Å². The number of benzene rings is 3. The van der Waals surface area contributed by atoms with Crippen LogP contribution in [0.1, 0.15) is 35.3 Å². The average molecular weight is 526 g/mol. The molecule has 3 aromatic carbocycles. The molecule has 0 aliphatic carbocycles. The first-order chi connectivity index (χ1) is 17.7. The number of aromatic nitrogens is 1. The molecule has 0 spiro atoms. The third kappa shape index (κ3) is 5.44. The van der Waals surface area contributed by atoms with Crippen LogP contribution in [0.4, 0.5) is 19.3 Å². The number of amides is 2. The van der Waals surface area contributed by atoms with Crippen molar-refractivity contribution in [3.05, 3.63) is 94.1 Å². The quantitative estimate of drug-likeness (QED) is 0.282. The second kappa shape index (κ2) is 11.0. The van der Waals surface area contributed by atoms with E-state index in [-0.39, 0.29) is 33.4 Å². The predicted molar refractivity (Wildman–Crippen MR) is 140 cm³/mol. The Hall–Kier alpha value is -3.91. The minimum absolute atomic E-state index is 0.0386. The number of carbonyl (C=O) groups excluding carboxylic acids is 2. The van der Waals surface area contributed by atoms with E-state index in [1.165, 1.54) is 36.1 Å². The molecule has 0 fully saturated rings. The molecule has 0 radical (unpaired) electrons. The van der Waals surface area contributed by atoms with Gasteiger partial charge < -0.3 is 19.5 Å². The molecule has 0 aliphatic heterocycles. The molecule has 4 aromatic rings. The lowest BCUT2D eigenvalue weighted by atomic mass is 10.1. The van der Waals surface area contributed by atoms with Crippen molar-refractivity contribution in [2.24, 2.45) is 0 Å². The summed E-state index contributed by atoms with van der Waals surface area (Å²) in [6, 6.07) is 14.2. The highest BCUT2D eigenvalue weighted by atomic mass is 35.5. The van der Waals surface area contributed by atoms with Crippen LogP contribution in [0.3, 0.4) is 0 Å². The lowest BCUT2D eigenvalue weighted by Crippen LogP contribution is -2.33. The average Bonchev–Trinajstić information content (AvgIpc) is 3.28. The molecule has 0 bridgehead atoms. The van der Waals surface area contributed by atoms with Gasteiger partial charge in [-0.15, -0.1) is 0 Å². The summed E-state index contributed by atoms with van der Waals surface area (Å²) in [6.45, 7) is 6.52. The number of nitrogens with zero attached hydrogens (tertiary/aromatic N) is 2. The smallest absolute Gasteiger partial charge is 0.408 e. The van der Waals surface area contributed by atoms with Crippen molar-refractivity contribution in [3.63, 3.8) is 0 Å². The predicted octanol–water partition coefficient (Wildman–Crippen LogP) is 7.02. The van der Waals surface area contributed by atoms with Crippen molar-refractivity contribution in [2.75, 3.05) is 18.4 Å². The first-order valence-electron chi connectivity index (χ1n) is 11.8. The van der Waals surface area contributed by atoms with Gasteiger partial charge in [-0.1, -0.05) is 29.8 Å². The number of fused-ring (bicyclic) bond motifs is 1. The van der Waals surface area contributed by atoms with Crippen LogP contribution in [0.5, 0.6) is 5.75 Å². The van der Waals surface area contributed by atoms with Crippen LogP contribution in [0.15, 0.2) is 60.8 Å². The van der Waals surface area contributed by atoms with Gasteiger partial charge in [-0.25, -0.2) is 13.6 Å². The van der Waals surface area contributed by atoms with Crippen LogP contribution in [0.25, 0.3) is 10.9 Å². The van der Waals surface area contributed by atoms with E-state index in [2.05, 4.69) is 5.32 Å². The lowest BCUT2D eigenvalue weighted by molar-refractivity contribution is 0.102. The normalized spacial score (nSPS) is 11.0. The number of halogens is 3. The van der Waals surface area contributed by atoms with Gasteiger partial charge in [0.15, 0.2) is 5.75 Å². The summed E-state index contributed by atoms with van der Waals surface area (Å²) >= 11 is 6.17. The molecule has 9 heteroatoms. The molecular formula is C28H26ClF2N3O3. The second-order valence-corrected chi connectivity index (χ2v) is 8.90. The monoisotopic (exact) mass is 525 g/mol. The van der Waals surface area contributed by atoms with Gasteiger partial charge in [0, 0.05) is 31.2 Å². The van der Waals surface area contributed by atoms with E-state index >= 15 is 0 Å². The Balaban J connectivity index is 1.78. The van der Waals surface area contributed by atoms with Gasteiger partial charge in [0.25, 0.3) is 5.91 Å². The molecule has 0 saturated carbocycles. The highest BCUT2D eigenvalue weighted by Gasteiger charge is 2.23. The van der Waals surface area contributed by atoms with E-state index in [9.17, 15) is 18.4 Å². The topological polar surface area (TPSA) is 63.6 Å². The first-order valence-corrected chi connectivity index (χ1v) is 12.2. The third-order valence-electron chi connectivity index (χ3n) is 6.15. The van der Waals surface area contributed by atoms with Crippen LogP contribution in [0.2, 0.25) is 5.02 Å². The molecule has 0 atom stereocenters. The summed E-state index contributed by atoms with van der Waals surface area (Å²) in [7, 11) is 0. The minimum atomic E-state index is -0.773.